The predicted molar refractivity (Wildman–Crippen MR) is 476 cm³/mol. The first kappa shape index (κ1) is 79.8. The molecule has 0 spiro atoms. The second kappa shape index (κ2) is 44.9. The van der Waals surface area contributed by atoms with Crippen molar-refractivity contribution in [3.63, 3.8) is 0 Å². The van der Waals surface area contributed by atoms with Gasteiger partial charge in [0, 0.05) is 42.4 Å². The van der Waals surface area contributed by atoms with Crippen LogP contribution in [0.2, 0.25) is 0 Å². The van der Waals surface area contributed by atoms with Crippen molar-refractivity contribution in [1.29, 1.82) is 0 Å². The summed E-state index contributed by atoms with van der Waals surface area (Å²) in [5.41, 5.74) is 0. The van der Waals surface area contributed by atoms with Gasteiger partial charge in [-0.25, -0.2) is 0 Å². The summed E-state index contributed by atoms with van der Waals surface area (Å²) in [6.45, 7) is 9.25. The fourth-order valence-corrected chi connectivity index (χ4v) is 26.4. The van der Waals surface area contributed by atoms with Crippen LogP contribution in [0.4, 0.5) is 0 Å². The number of benzene rings is 8. The molecule has 0 nitrogen and oxygen atoms in total. The summed E-state index contributed by atoms with van der Waals surface area (Å²) in [5, 5.41) is 19.4. The van der Waals surface area contributed by atoms with Gasteiger partial charge in [0.15, 0.2) is 0 Å². The molecule has 0 aliphatic carbocycles. The Morgan fingerprint density at radius 2 is 0.394 bits per heavy atom. The molecule has 2 aliphatic rings. The van der Waals surface area contributed by atoms with Crippen LogP contribution in [0, 0.1) is 69.4 Å². The lowest BCUT2D eigenvalue weighted by Crippen LogP contribution is -2.07. The van der Waals surface area contributed by atoms with Crippen LogP contribution in [0.5, 0.6) is 0 Å². The minimum Gasteiger partial charge on any atom is -0.117 e. The highest BCUT2D eigenvalue weighted by molar-refractivity contribution is 8.46. The van der Waals surface area contributed by atoms with Crippen molar-refractivity contribution in [3.05, 3.63) is 242 Å². The minimum atomic E-state index is 0.782. The summed E-state index contributed by atoms with van der Waals surface area (Å²) in [5.74, 6) is 4.68. The second-order valence-electron chi connectivity index (χ2n) is 27.9. The molecule has 2 aliphatic heterocycles. The molecular formula is C96H108S8. The zero-order valence-corrected chi connectivity index (χ0v) is 69.1. The van der Waals surface area contributed by atoms with Crippen LogP contribution >= 0.6 is 94.1 Å². The van der Waals surface area contributed by atoms with Crippen LogP contribution in [0.15, 0.2) is 163 Å². The Bertz CT molecular complexity index is 4220. The van der Waals surface area contributed by atoms with Gasteiger partial charge in [-0.2, -0.15) is 0 Å². The van der Waals surface area contributed by atoms with Crippen molar-refractivity contribution < 1.29 is 0 Å². The highest BCUT2D eigenvalue weighted by atomic mass is 32.3. The van der Waals surface area contributed by atoms with Gasteiger partial charge in [0.2, 0.25) is 0 Å². The van der Waals surface area contributed by atoms with Gasteiger partial charge in [0.05, 0.1) is 35.9 Å². The molecule has 0 radical (unpaired) electrons. The summed E-state index contributed by atoms with van der Waals surface area (Å²) in [7, 11) is 0. The third-order valence-corrected chi connectivity index (χ3v) is 31.3. The van der Waals surface area contributed by atoms with Gasteiger partial charge in [-0.3, -0.25) is 0 Å². The SMILES string of the molecule is CCCCCCCCCCSC1=C(SCCCCCCCCCC)SC(=c2c3ccccc3c(=c3c#cc4ccccc4c#cc(=c4c5ccccc5c(=C5SC(SCCCCCCCCCC)=C(SCCCCCCCCCC)S5)c5ccccc45)c#cc4ccccc4c#c3)c3ccccc23)S1. The van der Waals surface area contributed by atoms with Crippen molar-refractivity contribution in [2.24, 2.45) is 0 Å². The molecule has 540 valence electrons. The number of unbranched alkanes of at least 4 members (excludes halogenated alkanes) is 28. The van der Waals surface area contributed by atoms with Crippen LogP contribution in [0.3, 0.4) is 0 Å². The van der Waals surface area contributed by atoms with Gasteiger partial charge < -0.3 is 0 Å². The molecule has 0 amide bonds. The largest absolute Gasteiger partial charge is 0.117 e. The van der Waals surface area contributed by atoms with Crippen molar-refractivity contribution in [2.75, 3.05) is 23.0 Å². The molecule has 0 aromatic heterocycles. The van der Waals surface area contributed by atoms with Gasteiger partial charge >= 0.3 is 0 Å². The monoisotopic (exact) mass is 1520 g/mol. The Kier molecular flexibility index (Phi) is 34.5. The first-order chi connectivity index (χ1) is 51.6. The standard InChI is InChI=1S/C96H108S8/c1-5-9-13-17-21-25-29-45-69-97-93-94(98-70-46-30-26-22-18-14-10-6-2)102-91(101-93)89-83-57-41-37-53-79(83)87(80-54-38-42-58-84(80)89)77-65-61-73-49-33-35-51-75(73)63-67-78(68-64-76-52-36-34-50-74(76)62-66-77)88-81-55-39-43-59-85(81)90(86-60-44-40-56-82(86)88)92-103-95(99-71-47-31-27-23-19-15-11-7-3)96(104-92)100-72-48-32-28-24-20-16-12-8-4/h33-44,49-60H,5-32,45-48,69-72H2,1-4H3. The van der Waals surface area contributed by atoms with E-state index in [1.54, 1.807) is 0 Å². The number of hydrogen-bond donors (Lipinski definition) is 0. The molecule has 0 unspecified atom stereocenters. The highest BCUT2D eigenvalue weighted by Gasteiger charge is 2.26. The van der Waals surface area contributed by atoms with Crippen molar-refractivity contribution in [3.8, 4) is 0 Å². The van der Waals surface area contributed by atoms with E-state index in [-0.39, 0.29) is 0 Å². The molecular weight excluding hydrogens is 1410 g/mol. The van der Waals surface area contributed by atoms with Crippen LogP contribution in [0.25, 0.3) is 73.1 Å². The highest BCUT2D eigenvalue weighted by Crippen LogP contribution is 2.60. The van der Waals surface area contributed by atoms with Crippen molar-refractivity contribution in [1.82, 2.24) is 0 Å². The summed E-state index contributed by atoms with van der Waals surface area (Å²) < 4.78 is 8.74. The zero-order chi connectivity index (χ0) is 71.6. The Balaban J connectivity index is 1.01. The average molecular weight is 1520 g/mol. The van der Waals surface area contributed by atoms with Crippen LogP contribution in [-0.2, 0) is 0 Å². The number of fused-ring (bicyclic) bond motifs is 6. The molecule has 0 bridgehead atoms. The van der Waals surface area contributed by atoms with E-state index in [2.05, 4.69) is 269 Å². The molecule has 0 N–H and O–H groups in total. The summed E-state index contributed by atoms with van der Waals surface area (Å²) in [4.78, 5) is 0. The predicted octanol–water partition coefficient (Wildman–Crippen LogP) is 30.7. The molecule has 11 rings (SSSR count). The Hall–Kier alpha value is -5.20. The summed E-state index contributed by atoms with van der Waals surface area (Å²) in [6.07, 6.45) is 43.0. The maximum absolute atomic E-state index is 3.79. The molecule has 0 atom stereocenters. The van der Waals surface area contributed by atoms with E-state index < -0.39 is 0 Å². The molecule has 104 heavy (non-hydrogen) atoms. The van der Waals surface area contributed by atoms with Gasteiger partial charge in [-0.1, -0.05) is 424 Å². The molecule has 9 aromatic rings. The van der Waals surface area contributed by atoms with E-state index in [1.807, 2.05) is 47.0 Å². The molecule has 2 heterocycles. The second-order valence-corrected chi connectivity index (χ2v) is 38.0. The van der Waals surface area contributed by atoms with E-state index >= 15 is 0 Å². The van der Waals surface area contributed by atoms with E-state index in [0.717, 1.165) is 64.0 Å². The first-order valence-electron chi connectivity index (χ1n) is 39.9. The Labute approximate surface area is 659 Å². The lowest BCUT2D eigenvalue weighted by atomic mass is 9.97. The van der Waals surface area contributed by atoms with Crippen molar-refractivity contribution in [2.45, 2.75) is 233 Å². The normalized spacial score (nSPS) is 13.0. The van der Waals surface area contributed by atoms with E-state index in [4.69, 9.17) is 0 Å². The van der Waals surface area contributed by atoms with Gasteiger partial charge in [0.25, 0.3) is 0 Å². The number of thioether (sulfide) groups is 8. The lowest BCUT2D eigenvalue weighted by molar-refractivity contribution is 0.586. The zero-order valence-electron chi connectivity index (χ0n) is 62.6. The maximum atomic E-state index is 3.79. The average Bonchev–Trinajstić information content (AvgIpc) is 1.15. The van der Waals surface area contributed by atoms with Gasteiger partial charge in [-0.15, -0.1) is 47.0 Å². The third-order valence-electron chi connectivity index (χ3n) is 19.9. The quantitative estimate of drug-likeness (QED) is 0.0272. The van der Waals surface area contributed by atoms with E-state index in [0.29, 0.717) is 0 Å². The topological polar surface area (TPSA) is 0 Å². The van der Waals surface area contributed by atoms with Crippen LogP contribution < -0.4 is 10.4 Å². The first-order valence-corrected chi connectivity index (χ1v) is 47.1. The van der Waals surface area contributed by atoms with Crippen molar-refractivity contribution >= 4 is 167 Å². The van der Waals surface area contributed by atoms with Gasteiger partial charge in [-0.05, 0) is 116 Å². The summed E-state index contributed by atoms with van der Waals surface area (Å²) >= 11 is 16.5. The smallest absolute Gasteiger partial charge is 0.0836 e. The number of hydrogen-bond acceptors (Lipinski definition) is 8. The lowest BCUT2D eigenvalue weighted by Gasteiger charge is -2.09. The Morgan fingerprint density at radius 1 is 0.212 bits per heavy atom. The molecule has 8 heteroatoms. The van der Waals surface area contributed by atoms with E-state index in [1.165, 1.54) is 286 Å². The van der Waals surface area contributed by atoms with Crippen LogP contribution in [0.1, 0.15) is 233 Å². The summed E-state index contributed by atoms with van der Waals surface area (Å²) in [6, 6.07) is 83.1. The Morgan fingerprint density at radius 3 is 0.606 bits per heavy atom. The van der Waals surface area contributed by atoms with Crippen LogP contribution in [-0.4, -0.2) is 23.0 Å². The fourth-order valence-electron chi connectivity index (χ4n) is 14.2. The molecule has 0 saturated heterocycles. The molecule has 0 fully saturated rings. The maximum Gasteiger partial charge on any atom is 0.0836 e. The minimum absolute atomic E-state index is 0.782. The third kappa shape index (κ3) is 22.9. The van der Waals surface area contributed by atoms with Gasteiger partial charge in [0.1, 0.15) is 0 Å². The number of rotatable bonds is 40. The molecule has 9 aromatic carbocycles. The molecule has 0 saturated carbocycles. The fraction of sp³-hybridized carbons (Fsp3) is 0.417. The van der Waals surface area contributed by atoms with E-state index in [9.17, 15) is 0 Å².